The van der Waals surface area contributed by atoms with Crippen molar-refractivity contribution in [2.45, 2.75) is 6.42 Å². The van der Waals surface area contributed by atoms with Gasteiger partial charge in [-0.1, -0.05) is 24.3 Å². The Morgan fingerprint density at radius 2 is 1.95 bits per heavy atom. The normalized spacial score (nSPS) is 11.1. The molecule has 0 fully saturated rings. The first-order chi connectivity index (χ1) is 10.8. The second kappa shape index (κ2) is 5.03. The van der Waals surface area contributed by atoms with Crippen molar-refractivity contribution < 1.29 is 4.39 Å². The molecule has 22 heavy (non-hydrogen) atoms. The van der Waals surface area contributed by atoms with Crippen LogP contribution in [-0.4, -0.2) is 30.0 Å². The third-order valence-corrected chi connectivity index (χ3v) is 3.50. The van der Waals surface area contributed by atoms with Crippen molar-refractivity contribution in [3.05, 3.63) is 65.9 Å². The van der Waals surface area contributed by atoms with Crippen molar-refractivity contribution in [2.24, 2.45) is 0 Å². The first kappa shape index (κ1) is 12.6. The molecular weight excluding hydrogens is 283 g/mol. The van der Waals surface area contributed by atoms with Crippen LogP contribution in [0.2, 0.25) is 0 Å². The second-order valence-corrected chi connectivity index (χ2v) is 4.85. The van der Waals surface area contributed by atoms with Crippen LogP contribution >= 0.6 is 0 Å². The van der Waals surface area contributed by atoms with E-state index in [-0.39, 0.29) is 5.82 Å². The Morgan fingerprint density at radius 3 is 2.77 bits per heavy atom. The van der Waals surface area contributed by atoms with Crippen LogP contribution in [0.15, 0.2) is 48.7 Å². The summed E-state index contributed by atoms with van der Waals surface area (Å²) in [4.78, 5) is 4.59. The minimum absolute atomic E-state index is 0.238. The number of fused-ring (bicyclic) bond motifs is 1. The number of benzene rings is 1. The van der Waals surface area contributed by atoms with E-state index in [0.29, 0.717) is 23.5 Å². The van der Waals surface area contributed by atoms with Gasteiger partial charge in [0.15, 0.2) is 5.82 Å². The highest BCUT2D eigenvalue weighted by molar-refractivity contribution is 5.73. The largest absolute Gasteiger partial charge is 0.303 e. The summed E-state index contributed by atoms with van der Waals surface area (Å²) in [5.41, 5.74) is 2.12. The Hall–Kier alpha value is -3.09. The quantitative estimate of drug-likeness (QED) is 0.629. The smallest absolute Gasteiger partial charge is 0.200 e. The molecule has 1 N–H and O–H groups in total. The number of tetrazole rings is 1. The SMILES string of the molecule is Fc1ccccc1Cc1nc(-c2nnn[nH]2)c2ccccn12. The molecule has 4 aromatic rings. The van der Waals surface area contributed by atoms with Crippen LogP contribution in [0.25, 0.3) is 17.0 Å². The van der Waals surface area contributed by atoms with Crippen LogP contribution < -0.4 is 0 Å². The van der Waals surface area contributed by atoms with Crippen LogP contribution in [-0.2, 0) is 6.42 Å². The van der Waals surface area contributed by atoms with E-state index in [2.05, 4.69) is 25.6 Å². The van der Waals surface area contributed by atoms with E-state index in [1.165, 1.54) is 6.07 Å². The maximum Gasteiger partial charge on any atom is 0.200 e. The number of aromatic nitrogens is 6. The molecule has 7 heteroatoms. The molecule has 3 heterocycles. The zero-order valence-corrected chi connectivity index (χ0v) is 11.4. The summed E-state index contributed by atoms with van der Waals surface area (Å²) < 4.78 is 15.8. The van der Waals surface area contributed by atoms with Gasteiger partial charge in [-0.3, -0.25) is 0 Å². The monoisotopic (exact) mass is 294 g/mol. The van der Waals surface area contributed by atoms with E-state index >= 15 is 0 Å². The van der Waals surface area contributed by atoms with Gasteiger partial charge >= 0.3 is 0 Å². The van der Waals surface area contributed by atoms with E-state index in [1.54, 1.807) is 12.1 Å². The summed E-state index contributed by atoms with van der Waals surface area (Å²) in [7, 11) is 0. The number of imidazole rings is 1. The number of hydrogen-bond donors (Lipinski definition) is 1. The molecule has 1 aromatic carbocycles. The van der Waals surface area contributed by atoms with E-state index < -0.39 is 0 Å². The van der Waals surface area contributed by atoms with Gasteiger partial charge in [-0.2, -0.15) is 0 Å². The van der Waals surface area contributed by atoms with Gasteiger partial charge in [-0.25, -0.2) is 14.5 Å². The second-order valence-electron chi connectivity index (χ2n) is 4.85. The fourth-order valence-corrected chi connectivity index (χ4v) is 2.47. The number of H-pyrrole nitrogens is 1. The average molecular weight is 294 g/mol. The Labute approximate surface area is 124 Å². The summed E-state index contributed by atoms with van der Waals surface area (Å²) in [5, 5.41) is 13.8. The Balaban J connectivity index is 1.87. The van der Waals surface area contributed by atoms with Crippen LogP contribution in [0, 0.1) is 5.82 Å². The number of pyridine rings is 1. The Bertz CT molecular complexity index is 928. The van der Waals surface area contributed by atoms with Gasteiger partial charge in [-0.15, -0.1) is 5.10 Å². The minimum Gasteiger partial charge on any atom is -0.303 e. The fourth-order valence-electron chi connectivity index (χ4n) is 2.47. The van der Waals surface area contributed by atoms with Gasteiger partial charge in [-0.05, 0) is 34.2 Å². The zero-order valence-electron chi connectivity index (χ0n) is 11.4. The summed E-state index contributed by atoms with van der Waals surface area (Å²) in [6.07, 6.45) is 2.28. The topological polar surface area (TPSA) is 71.8 Å². The van der Waals surface area contributed by atoms with Gasteiger partial charge < -0.3 is 4.40 Å². The molecule has 0 atom stereocenters. The lowest BCUT2D eigenvalue weighted by atomic mass is 10.1. The van der Waals surface area contributed by atoms with Crippen molar-refractivity contribution in [3.63, 3.8) is 0 Å². The van der Waals surface area contributed by atoms with E-state index in [1.807, 2.05) is 34.9 Å². The lowest BCUT2D eigenvalue weighted by Gasteiger charge is -2.02. The number of halogens is 1. The van der Waals surface area contributed by atoms with Crippen molar-refractivity contribution in [2.75, 3.05) is 0 Å². The highest BCUT2D eigenvalue weighted by Gasteiger charge is 2.16. The molecule has 0 aliphatic rings. The maximum absolute atomic E-state index is 13.9. The molecule has 3 aromatic heterocycles. The molecule has 6 nitrogen and oxygen atoms in total. The van der Waals surface area contributed by atoms with Gasteiger partial charge in [0.05, 0.1) is 5.52 Å². The van der Waals surface area contributed by atoms with Crippen molar-refractivity contribution in [1.82, 2.24) is 30.0 Å². The third-order valence-electron chi connectivity index (χ3n) is 3.50. The standard InChI is InChI=1S/C15H11FN6/c16-11-6-2-1-5-10(11)9-13-17-14(15-18-20-21-19-15)12-7-3-4-8-22(12)13/h1-8H,9H2,(H,18,19,20,21). The van der Waals surface area contributed by atoms with Crippen LogP contribution in [0.5, 0.6) is 0 Å². The molecule has 0 amide bonds. The van der Waals surface area contributed by atoms with Crippen molar-refractivity contribution in [3.8, 4) is 11.5 Å². The maximum atomic E-state index is 13.9. The van der Waals surface area contributed by atoms with E-state index in [9.17, 15) is 4.39 Å². The highest BCUT2D eigenvalue weighted by atomic mass is 19.1. The number of rotatable bonds is 3. The number of nitrogens with one attached hydrogen (secondary N) is 1. The van der Waals surface area contributed by atoms with Crippen molar-refractivity contribution >= 4 is 5.52 Å². The molecule has 0 aliphatic heterocycles. The van der Waals surface area contributed by atoms with Crippen molar-refractivity contribution in [1.29, 1.82) is 0 Å². The zero-order chi connectivity index (χ0) is 14.9. The molecule has 0 saturated heterocycles. The van der Waals surface area contributed by atoms with Crippen LogP contribution in [0.3, 0.4) is 0 Å². The number of aromatic amines is 1. The lowest BCUT2D eigenvalue weighted by molar-refractivity contribution is 0.612. The van der Waals surface area contributed by atoms with Gasteiger partial charge in [0, 0.05) is 12.6 Å². The van der Waals surface area contributed by atoms with Crippen LogP contribution in [0.4, 0.5) is 4.39 Å². The first-order valence-corrected chi connectivity index (χ1v) is 6.76. The first-order valence-electron chi connectivity index (χ1n) is 6.76. The number of nitrogens with zero attached hydrogens (tertiary/aromatic N) is 5. The predicted molar refractivity (Wildman–Crippen MR) is 77.6 cm³/mol. The van der Waals surface area contributed by atoms with Gasteiger partial charge in [0.2, 0.25) is 0 Å². The summed E-state index contributed by atoms with van der Waals surface area (Å²) in [6.45, 7) is 0. The molecule has 4 rings (SSSR count). The molecule has 0 spiro atoms. The molecule has 0 aliphatic carbocycles. The summed E-state index contributed by atoms with van der Waals surface area (Å²) in [6, 6.07) is 12.4. The molecular formula is C15H11FN6. The average Bonchev–Trinajstić information content (AvgIpc) is 3.18. The molecule has 108 valence electrons. The third kappa shape index (κ3) is 2.03. The van der Waals surface area contributed by atoms with E-state index in [0.717, 1.165) is 11.3 Å². The number of hydrogen-bond acceptors (Lipinski definition) is 4. The van der Waals surface area contributed by atoms with E-state index in [4.69, 9.17) is 0 Å². The summed E-state index contributed by atoms with van der Waals surface area (Å²) in [5.74, 6) is 0.980. The molecule has 0 saturated carbocycles. The molecule has 0 unspecified atom stereocenters. The highest BCUT2D eigenvalue weighted by Crippen LogP contribution is 2.23. The lowest BCUT2D eigenvalue weighted by Crippen LogP contribution is -1.98. The Morgan fingerprint density at radius 1 is 1.09 bits per heavy atom. The molecule has 0 radical (unpaired) electrons. The minimum atomic E-state index is -0.238. The van der Waals surface area contributed by atoms with Crippen LogP contribution in [0.1, 0.15) is 11.4 Å². The molecule has 0 bridgehead atoms. The summed E-state index contributed by atoms with van der Waals surface area (Å²) >= 11 is 0. The van der Waals surface area contributed by atoms with Gasteiger partial charge in [0.25, 0.3) is 0 Å². The predicted octanol–water partition coefficient (Wildman–Crippen LogP) is 2.24. The van der Waals surface area contributed by atoms with Gasteiger partial charge in [0.1, 0.15) is 17.3 Å². The fraction of sp³-hybridized carbons (Fsp3) is 0.0667. The Kier molecular flexibility index (Phi) is 2.89.